The van der Waals surface area contributed by atoms with Gasteiger partial charge < -0.3 is 19.7 Å². The number of hydrogen-bond acceptors (Lipinski definition) is 6. The molecule has 7 heteroatoms. The van der Waals surface area contributed by atoms with Gasteiger partial charge in [0.05, 0.1) is 5.69 Å². The van der Waals surface area contributed by atoms with Gasteiger partial charge in [-0.05, 0) is 42.5 Å². The number of esters is 2. The first-order valence-electron chi connectivity index (χ1n) is 8.74. The van der Waals surface area contributed by atoms with Crippen molar-refractivity contribution < 1.29 is 23.9 Å². The van der Waals surface area contributed by atoms with Crippen molar-refractivity contribution in [3.05, 3.63) is 35.0 Å². The molecule has 0 unspecified atom stereocenters. The van der Waals surface area contributed by atoms with Gasteiger partial charge in [0.25, 0.3) is 5.79 Å². The fourth-order valence-electron chi connectivity index (χ4n) is 3.67. The molecule has 1 aromatic carbocycles. The number of ether oxygens (including phenoxy) is 2. The molecule has 0 spiro atoms. The minimum absolute atomic E-state index is 0.174. The van der Waals surface area contributed by atoms with Crippen LogP contribution in [0.25, 0.3) is 0 Å². The Labute approximate surface area is 150 Å². The number of carbonyl (C=O) groups is 3. The van der Waals surface area contributed by atoms with E-state index in [1.807, 2.05) is 17.0 Å². The topological polar surface area (TPSA) is 84.9 Å². The van der Waals surface area contributed by atoms with Crippen molar-refractivity contribution in [2.75, 3.05) is 16.8 Å². The highest BCUT2D eigenvalue weighted by Crippen LogP contribution is 2.38. The lowest BCUT2D eigenvalue weighted by atomic mass is 9.91. The van der Waals surface area contributed by atoms with Gasteiger partial charge in [0.1, 0.15) is 0 Å². The lowest BCUT2D eigenvalue weighted by molar-refractivity contribution is -0.222. The molecular weight excluding hydrogens is 336 g/mol. The number of nitrogens with one attached hydrogen (secondary N) is 1. The zero-order chi connectivity index (χ0) is 18.5. The minimum Gasteiger partial charge on any atom is -0.419 e. The molecule has 0 atom stereocenters. The second-order valence-corrected chi connectivity index (χ2v) is 7.17. The molecule has 136 valence electrons. The standard InChI is InChI=1S/C19H20N2O5/c1-19(2)25-17(23)14(18(24)26-19)10-20-13-8-11-4-3-7-21-15(22)6-5-12(9-13)16(11)21/h8-10,20H,3-7H2,1-2H3. The molecule has 4 rings (SSSR count). The van der Waals surface area contributed by atoms with Crippen molar-refractivity contribution in [2.24, 2.45) is 0 Å². The molecule has 1 N–H and O–H groups in total. The summed E-state index contributed by atoms with van der Waals surface area (Å²) >= 11 is 0. The average Bonchev–Trinajstić information content (AvgIpc) is 2.56. The first-order valence-corrected chi connectivity index (χ1v) is 8.74. The Morgan fingerprint density at radius 3 is 2.38 bits per heavy atom. The highest BCUT2D eigenvalue weighted by Gasteiger charge is 2.39. The van der Waals surface area contributed by atoms with E-state index in [1.54, 1.807) is 0 Å². The van der Waals surface area contributed by atoms with Crippen molar-refractivity contribution in [3.63, 3.8) is 0 Å². The van der Waals surface area contributed by atoms with E-state index >= 15 is 0 Å². The van der Waals surface area contributed by atoms with E-state index < -0.39 is 17.7 Å². The molecule has 3 aliphatic heterocycles. The maximum atomic E-state index is 12.1. The first-order chi connectivity index (χ1) is 12.3. The summed E-state index contributed by atoms with van der Waals surface area (Å²) in [5.41, 5.74) is 3.85. The SMILES string of the molecule is CC1(C)OC(=O)C(=CNc2cc3c4c(c2)CCC(=O)N4CCC3)C(=O)O1. The largest absolute Gasteiger partial charge is 0.419 e. The van der Waals surface area contributed by atoms with E-state index in [9.17, 15) is 14.4 Å². The number of nitrogens with zero attached hydrogens (tertiary/aromatic N) is 1. The molecule has 0 aliphatic carbocycles. The summed E-state index contributed by atoms with van der Waals surface area (Å²) in [6.45, 7) is 3.78. The summed E-state index contributed by atoms with van der Waals surface area (Å²) in [4.78, 5) is 38.0. The van der Waals surface area contributed by atoms with Gasteiger partial charge in [0.2, 0.25) is 5.91 Å². The zero-order valence-corrected chi connectivity index (χ0v) is 14.8. The second-order valence-electron chi connectivity index (χ2n) is 7.17. The van der Waals surface area contributed by atoms with Crippen molar-refractivity contribution >= 4 is 29.2 Å². The van der Waals surface area contributed by atoms with Crippen molar-refractivity contribution in [1.29, 1.82) is 0 Å². The number of amides is 1. The maximum absolute atomic E-state index is 12.1. The Hall–Kier alpha value is -2.83. The van der Waals surface area contributed by atoms with Crippen LogP contribution in [0.5, 0.6) is 0 Å². The summed E-state index contributed by atoms with van der Waals surface area (Å²) in [5, 5.41) is 3.01. The van der Waals surface area contributed by atoms with Crippen LogP contribution < -0.4 is 10.2 Å². The summed E-state index contributed by atoms with van der Waals surface area (Å²) in [7, 11) is 0. The molecule has 3 aliphatic rings. The average molecular weight is 356 g/mol. The zero-order valence-electron chi connectivity index (χ0n) is 14.8. The Morgan fingerprint density at radius 1 is 1.04 bits per heavy atom. The van der Waals surface area contributed by atoms with Crippen LogP contribution >= 0.6 is 0 Å². The molecule has 0 aromatic heterocycles. The van der Waals surface area contributed by atoms with Crippen molar-refractivity contribution in [2.45, 2.75) is 45.3 Å². The number of anilines is 2. The van der Waals surface area contributed by atoms with Crippen molar-refractivity contribution in [1.82, 2.24) is 0 Å². The highest BCUT2D eigenvalue weighted by molar-refractivity contribution is 6.15. The first kappa shape index (κ1) is 16.6. The second kappa shape index (κ2) is 5.86. The fraction of sp³-hybridized carbons (Fsp3) is 0.421. The van der Waals surface area contributed by atoms with E-state index in [0.717, 1.165) is 41.9 Å². The number of carbonyl (C=O) groups excluding carboxylic acids is 3. The highest BCUT2D eigenvalue weighted by atomic mass is 16.7. The number of benzene rings is 1. The van der Waals surface area contributed by atoms with E-state index in [1.165, 1.54) is 20.0 Å². The molecular formula is C19H20N2O5. The van der Waals surface area contributed by atoms with E-state index in [-0.39, 0.29) is 11.5 Å². The molecule has 7 nitrogen and oxygen atoms in total. The van der Waals surface area contributed by atoms with Gasteiger partial charge in [0.15, 0.2) is 5.57 Å². The van der Waals surface area contributed by atoms with Crippen LogP contribution in [-0.4, -0.2) is 30.2 Å². The normalized spacial score (nSPS) is 20.9. The van der Waals surface area contributed by atoms with E-state index in [4.69, 9.17) is 9.47 Å². The fourth-order valence-corrected chi connectivity index (χ4v) is 3.67. The molecule has 0 saturated carbocycles. The minimum atomic E-state index is -1.25. The summed E-state index contributed by atoms with van der Waals surface area (Å²) < 4.78 is 10.2. The van der Waals surface area contributed by atoms with Gasteiger partial charge in [-0.1, -0.05) is 0 Å². The third-order valence-corrected chi connectivity index (χ3v) is 4.77. The van der Waals surface area contributed by atoms with Crippen molar-refractivity contribution in [3.8, 4) is 0 Å². The predicted molar refractivity (Wildman–Crippen MR) is 93.4 cm³/mol. The number of cyclic esters (lactones) is 2. The van der Waals surface area contributed by atoms with Gasteiger partial charge in [-0.3, -0.25) is 4.79 Å². The van der Waals surface area contributed by atoms with Crippen LogP contribution in [0.15, 0.2) is 23.9 Å². The lowest BCUT2D eigenvalue weighted by Gasteiger charge is -2.35. The van der Waals surface area contributed by atoms with Gasteiger partial charge in [-0.25, -0.2) is 9.59 Å². The molecule has 0 radical (unpaired) electrons. The van der Waals surface area contributed by atoms with Crippen LogP contribution in [0.1, 0.15) is 37.8 Å². The van der Waals surface area contributed by atoms with Gasteiger partial charge >= 0.3 is 11.9 Å². The number of aryl methyl sites for hydroxylation is 2. The summed E-state index contributed by atoms with van der Waals surface area (Å²) in [6.07, 6.45) is 4.35. The monoisotopic (exact) mass is 356 g/mol. The van der Waals surface area contributed by atoms with Gasteiger partial charge in [-0.15, -0.1) is 0 Å². The molecule has 26 heavy (non-hydrogen) atoms. The molecule has 0 bridgehead atoms. The quantitative estimate of drug-likeness (QED) is 0.496. The lowest BCUT2D eigenvalue weighted by Crippen LogP contribution is -2.42. The molecule has 1 aromatic rings. The Kier molecular flexibility index (Phi) is 3.75. The van der Waals surface area contributed by atoms with Crippen LogP contribution in [0, 0.1) is 0 Å². The third kappa shape index (κ3) is 2.83. The van der Waals surface area contributed by atoms with Crippen LogP contribution in [0.4, 0.5) is 11.4 Å². The maximum Gasteiger partial charge on any atom is 0.350 e. The van der Waals surface area contributed by atoms with Crippen LogP contribution in [0.3, 0.4) is 0 Å². The molecule has 1 amide bonds. The molecule has 1 fully saturated rings. The number of rotatable bonds is 2. The summed E-state index contributed by atoms with van der Waals surface area (Å²) in [6, 6.07) is 3.92. The molecule has 3 heterocycles. The Morgan fingerprint density at radius 2 is 1.69 bits per heavy atom. The molecule has 1 saturated heterocycles. The predicted octanol–water partition coefficient (Wildman–Crippen LogP) is 2.04. The number of hydrogen-bond donors (Lipinski definition) is 1. The Balaban J connectivity index is 1.61. The van der Waals surface area contributed by atoms with Gasteiger partial charge in [-0.2, -0.15) is 0 Å². The van der Waals surface area contributed by atoms with Gasteiger partial charge in [0, 0.05) is 38.7 Å². The van der Waals surface area contributed by atoms with Crippen LogP contribution in [0.2, 0.25) is 0 Å². The van der Waals surface area contributed by atoms with E-state index in [0.29, 0.717) is 12.8 Å². The van der Waals surface area contributed by atoms with Crippen LogP contribution in [-0.2, 0) is 36.7 Å². The Bertz CT molecular complexity index is 816. The summed E-state index contributed by atoms with van der Waals surface area (Å²) in [5.74, 6) is -2.50. The third-order valence-electron chi connectivity index (χ3n) is 4.77. The van der Waals surface area contributed by atoms with E-state index in [2.05, 4.69) is 5.32 Å². The smallest absolute Gasteiger partial charge is 0.350 e.